The lowest BCUT2D eigenvalue weighted by molar-refractivity contribution is -0.00549. The number of rotatable bonds is 5. The summed E-state index contributed by atoms with van der Waals surface area (Å²) in [6.45, 7) is 0.273. The van der Waals surface area contributed by atoms with E-state index in [1.807, 2.05) is 0 Å². The maximum atomic E-state index is 13.6. The van der Waals surface area contributed by atoms with Gasteiger partial charge in [-0.05, 0) is 37.5 Å². The van der Waals surface area contributed by atoms with Gasteiger partial charge in [0.2, 0.25) is 0 Å². The highest BCUT2D eigenvalue weighted by Gasteiger charge is 2.22. The molecule has 21 heavy (non-hydrogen) atoms. The summed E-state index contributed by atoms with van der Waals surface area (Å²) >= 11 is 0. The minimum atomic E-state index is -0.633. The Bertz CT molecular complexity index is 628. The number of hydrogen-bond acceptors (Lipinski definition) is 5. The lowest BCUT2D eigenvalue weighted by Gasteiger charge is -2.26. The van der Waals surface area contributed by atoms with Crippen molar-refractivity contribution in [1.82, 2.24) is 10.1 Å². The Hall–Kier alpha value is -1.86. The van der Waals surface area contributed by atoms with Crippen LogP contribution in [-0.2, 0) is 4.74 Å². The van der Waals surface area contributed by atoms with Crippen molar-refractivity contribution < 1.29 is 18.0 Å². The van der Waals surface area contributed by atoms with E-state index in [9.17, 15) is 8.78 Å². The van der Waals surface area contributed by atoms with Gasteiger partial charge in [0.15, 0.2) is 5.82 Å². The topological polar surface area (TPSA) is 74.2 Å². The molecule has 1 aromatic heterocycles. The first-order valence-corrected chi connectivity index (χ1v) is 6.79. The number of ether oxygens (including phenoxy) is 1. The molecule has 2 N–H and O–H groups in total. The zero-order valence-electron chi connectivity index (χ0n) is 11.3. The largest absolute Gasteiger partial charge is 0.376 e. The molecule has 2 aromatic rings. The van der Waals surface area contributed by atoms with Gasteiger partial charge < -0.3 is 15.0 Å². The average Bonchev–Trinajstić information content (AvgIpc) is 2.89. The first-order chi connectivity index (χ1) is 10.1. The van der Waals surface area contributed by atoms with E-state index in [-0.39, 0.29) is 30.0 Å². The minimum Gasteiger partial charge on any atom is -0.376 e. The summed E-state index contributed by atoms with van der Waals surface area (Å²) in [5, 5.41) is 3.70. The third kappa shape index (κ3) is 3.08. The van der Waals surface area contributed by atoms with Crippen LogP contribution < -0.4 is 5.73 Å². The summed E-state index contributed by atoms with van der Waals surface area (Å²) in [7, 11) is 0. The maximum absolute atomic E-state index is 13.6. The molecule has 1 aromatic carbocycles. The monoisotopic (exact) mass is 295 g/mol. The highest BCUT2D eigenvalue weighted by atomic mass is 19.1. The van der Waals surface area contributed by atoms with E-state index in [4.69, 9.17) is 15.0 Å². The molecule has 0 aliphatic heterocycles. The van der Waals surface area contributed by atoms with Gasteiger partial charge in [0.05, 0.1) is 24.3 Å². The van der Waals surface area contributed by atoms with Gasteiger partial charge in [0.1, 0.15) is 11.6 Å². The van der Waals surface area contributed by atoms with Crippen molar-refractivity contribution in [2.75, 3.05) is 6.61 Å². The summed E-state index contributed by atoms with van der Waals surface area (Å²) < 4.78 is 37.3. The molecule has 3 rings (SSSR count). The van der Waals surface area contributed by atoms with Gasteiger partial charge in [0, 0.05) is 0 Å². The number of benzene rings is 1. The molecule has 1 atom stereocenters. The van der Waals surface area contributed by atoms with E-state index in [0.717, 1.165) is 31.0 Å². The first-order valence-electron chi connectivity index (χ1n) is 6.79. The predicted molar refractivity (Wildman–Crippen MR) is 70.2 cm³/mol. The Balaban J connectivity index is 1.71. The normalized spacial score (nSPS) is 16.7. The van der Waals surface area contributed by atoms with Crippen LogP contribution >= 0.6 is 0 Å². The van der Waals surface area contributed by atoms with E-state index >= 15 is 0 Å². The van der Waals surface area contributed by atoms with Crippen molar-refractivity contribution in [2.24, 2.45) is 5.73 Å². The summed E-state index contributed by atoms with van der Waals surface area (Å²) in [6.07, 6.45) is 3.51. The minimum absolute atomic E-state index is 0.0825. The van der Waals surface area contributed by atoms with E-state index in [0.29, 0.717) is 0 Å². The Morgan fingerprint density at radius 2 is 2.19 bits per heavy atom. The van der Waals surface area contributed by atoms with E-state index in [2.05, 4.69) is 10.1 Å². The van der Waals surface area contributed by atoms with Crippen LogP contribution in [0.3, 0.4) is 0 Å². The van der Waals surface area contributed by atoms with Gasteiger partial charge in [-0.2, -0.15) is 4.98 Å². The molecule has 1 heterocycles. The van der Waals surface area contributed by atoms with Gasteiger partial charge in [-0.3, -0.25) is 0 Å². The van der Waals surface area contributed by atoms with Gasteiger partial charge in [-0.1, -0.05) is 5.16 Å². The highest BCUT2D eigenvalue weighted by molar-refractivity contribution is 5.53. The molecule has 0 radical (unpaired) electrons. The van der Waals surface area contributed by atoms with Gasteiger partial charge in [0.25, 0.3) is 5.89 Å². The van der Waals surface area contributed by atoms with Crippen molar-refractivity contribution in [3.05, 3.63) is 35.7 Å². The van der Waals surface area contributed by atoms with Crippen LogP contribution in [0.25, 0.3) is 11.5 Å². The number of halogens is 2. The molecule has 1 aliphatic rings. The second-order valence-corrected chi connectivity index (χ2v) is 5.07. The van der Waals surface area contributed by atoms with Crippen molar-refractivity contribution in [3.63, 3.8) is 0 Å². The van der Waals surface area contributed by atoms with Crippen LogP contribution in [-0.4, -0.2) is 22.9 Å². The van der Waals surface area contributed by atoms with Crippen LogP contribution in [0.1, 0.15) is 31.1 Å². The SMILES string of the molecule is NC(COC1CCC1)c1noc(-c2cc(F)ccc2F)n1. The van der Waals surface area contributed by atoms with E-state index < -0.39 is 17.7 Å². The Morgan fingerprint density at radius 1 is 1.38 bits per heavy atom. The Morgan fingerprint density at radius 3 is 2.90 bits per heavy atom. The van der Waals surface area contributed by atoms with Crippen molar-refractivity contribution in [3.8, 4) is 11.5 Å². The summed E-state index contributed by atoms with van der Waals surface area (Å²) in [6, 6.07) is 2.48. The van der Waals surface area contributed by atoms with Gasteiger partial charge >= 0.3 is 0 Å². The molecule has 7 heteroatoms. The molecular weight excluding hydrogens is 280 g/mol. The fraction of sp³-hybridized carbons (Fsp3) is 0.429. The van der Waals surface area contributed by atoms with E-state index in [1.54, 1.807) is 0 Å². The lowest BCUT2D eigenvalue weighted by Crippen LogP contribution is -2.27. The molecule has 1 unspecified atom stereocenters. The van der Waals surface area contributed by atoms with Crippen molar-refractivity contribution in [1.29, 1.82) is 0 Å². The zero-order valence-corrected chi connectivity index (χ0v) is 11.3. The van der Waals surface area contributed by atoms with E-state index in [1.165, 1.54) is 6.42 Å². The molecular formula is C14H15F2N3O2. The third-order valence-corrected chi connectivity index (χ3v) is 3.50. The van der Waals surface area contributed by atoms with Crippen molar-refractivity contribution in [2.45, 2.75) is 31.4 Å². The van der Waals surface area contributed by atoms with Crippen LogP contribution in [0, 0.1) is 11.6 Å². The summed E-state index contributed by atoms with van der Waals surface area (Å²) in [4.78, 5) is 4.01. The van der Waals surface area contributed by atoms with Crippen molar-refractivity contribution >= 4 is 0 Å². The molecule has 5 nitrogen and oxygen atoms in total. The fourth-order valence-electron chi connectivity index (χ4n) is 2.01. The first kappa shape index (κ1) is 14.1. The molecule has 0 saturated heterocycles. The lowest BCUT2D eigenvalue weighted by atomic mass is 9.96. The summed E-state index contributed by atoms with van der Waals surface area (Å²) in [5.41, 5.74) is 5.82. The standard InChI is InChI=1S/C14H15F2N3O2/c15-8-4-5-11(16)10(6-8)14-18-13(19-21-14)12(17)7-20-9-2-1-3-9/h4-6,9,12H,1-3,7,17H2. The number of hydrogen-bond donors (Lipinski definition) is 1. The molecule has 0 spiro atoms. The van der Waals surface area contributed by atoms with Gasteiger partial charge in [-0.15, -0.1) is 0 Å². The molecule has 112 valence electrons. The third-order valence-electron chi connectivity index (χ3n) is 3.50. The van der Waals surface area contributed by atoms with Gasteiger partial charge in [-0.25, -0.2) is 8.78 Å². The number of aromatic nitrogens is 2. The fourth-order valence-corrected chi connectivity index (χ4v) is 2.01. The number of nitrogens with zero attached hydrogens (tertiary/aromatic N) is 2. The smallest absolute Gasteiger partial charge is 0.261 e. The number of nitrogens with two attached hydrogens (primary N) is 1. The van der Waals surface area contributed by atoms with Crippen LogP contribution in [0.15, 0.2) is 22.7 Å². The second-order valence-electron chi connectivity index (χ2n) is 5.07. The average molecular weight is 295 g/mol. The molecule has 1 aliphatic carbocycles. The maximum Gasteiger partial charge on any atom is 0.261 e. The second kappa shape index (κ2) is 5.87. The molecule has 0 bridgehead atoms. The highest BCUT2D eigenvalue weighted by Crippen LogP contribution is 2.25. The molecule has 1 saturated carbocycles. The molecule has 1 fully saturated rings. The van der Waals surface area contributed by atoms with Crippen LogP contribution in [0.4, 0.5) is 8.78 Å². The summed E-state index contributed by atoms with van der Waals surface area (Å²) in [5.74, 6) is -1.09. The predicted octanol–water partition coefficient (Wildman–Crippen LogP) is 2.58. The zero-order chi connectivity index (χ0) is 14.8. The van der Waals surface area contributed by atoms with Crippen LogP contribution in [0.5, 0.6) is 0 Å². The quantitative estimate of drug-likeness (QED) is 0.917. The Kier molecular flexibility index (Phi) is 3.94. The van der Waals surface area contributed by atoms with Crippen LogP contribution in [0.2, 0.25) is 0 Å². The Labute approximate surface area is 120 Å². The molecule has 0 amide bonds.